The fraction of sp³-hybridized carbons (Fsp3) is 0.171. The van der Waals surface area contributed by atoms with Crippen LogP contribution in [0.2, 0.25) is 0 Å². The molecule has 0 aliphatic carbocycles. The average molecular weight is 778 g/mol. The highest BCUT2D eigenvalue weighted by Gasteiger charge is 2.53. The minimum atomic E-state index is -5.94. The molecule has 14 heteroatoms. The summed E-state index contributed by atoms with van der Waals surface area (Å²) in [7, 11) is -5.94. The molecule has 0 atom stereocenters. The van der Waals surface area contributed by atoms with Crippen LogP contribution in [0.5, 0.6) is 5.75 Å². The summed E-state index contributed by atoms with van der Waals surface area (Å²) in [6.07, 6.45) is -2.49. The lowest BCUT2D eigenvalue weighted by Crippen LogP contribution is -2.36. The first-order chi connectivity index (χ1) is 23.2. The molecule has 254 valence electrons. The summed E-state index contributed by atoms with van der Waals surface area (Å²) < 4.78 is 87.9. The molecule has 0 unspecified atom stereocenters. The number of benzene rings is 4. The number of hydrogen-bond acceptors (Lipinski definition) is 4. The van der Waals surface area contributed by atoms with Crippen molar-refractivity contribution in [2.45, 2.75) is 30.2 Å². The minimum absolute atomic E-state index is 0.0249. The van der Waals surface area contributed by atoms with Gasteiger partial charge in [0.25, 0.3) is 0 Å². The Morgan fingerprint density at radius 1 is 0.837 bits per heavy atom. The molecular formula is C35H27BrF5N2O4PS. The monoisotopic (exact) mass is 776 g/mol. The highest BCUT2D eigenvalue weighted by atomic mass is 79.9. The second-order valence-corrected chi connectivity index (χ2v) is 14.7. The Morgan fingerprint density at radius 2 is 1.37 bits per heavy atom. The van der Waals surface area contributed by atoms with Gasteiger partial charge < -0.3 is 19.1 Å². The Morgan fingerprint density at radius 3 is 1.86 bits per heavy atom. The average Bonchev–Trinajstić information content (AvgIpc) is 3.70. The van der Waals surface area contributed by atoms with Crippen LogP contribution < -0.4 is 4.74 Å². The van der Waals surface area contributed by atoms with E-state index in [1.54, 1.807) is 12.5 Å². The molecule has 0 saturated carbocycles. The van der Waals surface area contributed by atoms with Gasteiger partial charge in [-0.3, -0.25) is 4.57 Å². The first kappa shape index (κ1) is 35.0. The van der Waals surface area contributed by atoms with E-state index in [-0.39, 0.29) is 26.9 Å². The van der Waals surface area contributed by atoms with Gasteiger partial charge in [0.05, 0.1) is 23.3 Å². The largest absolute Gasteiger partial charge is 0.492 e. The van der Waals surface area contributed by atoms with E-state index in [1.807, 2.05) is 95.6 Å². The number of fused-ring (bicyclic) bond motifs is 1. The molecule has 0 aliphatic rings. The number of hydrogen-bond donors (Lipinski definition) is 2. The van der Waals surface area contributed by atoms with Gasteiger partial charge in [0, 0.05) is 28.0 Å². The van der Waals surface area contributed by atoms with Crippen LogP contribution in [-0.4, -0.2) is 32.1 Å². The van der Waals surface area contributed by atoms with Crippen molar-refractivity contribution >= 4 is 44.9 Å². The number of halogens is 6. The highest BCUT2D eigenvalue weighted by molar-refractivity contribution is 9.10. The van der Waals surface area contributed by atoms with Crippen LogP contribution in [0.1, 0.15) is 34.4 Å². The molecule has 6 aromatic rings. The van der Waals surface area contributed by atoms with E-state index in [0.717, 1.165) is 16.7 Å². The lowest BCUT2D eigenvalue weighted by Gasteiger charge is -2.37. The standard InChI is InChI=1S/C35H27BrF5N2O4PS/c36-30-27-19-23(20-29(47-18-10-17-33(37,38)39)31(27)49-32(30)35(40,41)48(44,45)46)28-21-43(22-42-28)34(24-11-4-1-5-12-24,25-13-6-2-7-14-25)26-15-8-3-9-16-26/h1-9,11-16,19-22H,10,17-18H2,(H2,44,45,46). The van der Waals surface area contributed by atoms with E-state index in [0.29, 0.717) is 22.6 Å². The van der Waals surface area contributed by atoms with Crippen LogP contribution in [0.15, 0.2) is 120 Å². The number of thiophene rings is 1. The smallest absolute Gasteiger partial charge is 0.400 e. The van der Waals surface area contributed by atoms with Crippen LogP contribution in [0, 0.1) is 0 Å². The predicted octanol–water partition coefficient (Wildman–Crippen LogP) is 10.3. The summed E-state index contributed by atoms with van der Waals surface area (Å²) in [6.45, 7) is -0.384. The van der Waals surface area contributed by atoms with Crippen molar-refractivity contribution in [3.63, 3.8) is 0 Å². The third-order valence-corrected chi connectivity index (χ3v) is 11.5. The van der Waals surface area contributed by atoms with E-state index in [4.69, 9.17) is 9.72 Å². The molecule has 2 aromatic heterocycles. The molecule has 0 saturated heterocycles. The van der Waals surface area contributed by atoms with Crippen molar-refractivity contribution in [3.05, 3.63) is 142 Å². The van der Waals surface area contributed by atoms with Crippen LogP contribution in [0.3, 0.4) is 0 Å². The van der Waals surface area contributed by atoms with Crippen molar-refractivity contribution < 1.29 is 41.0 Å². The molecule has 0 radical (unpaired) electrons. The van der Waals surface area contributed by atoms with E-state index < -0.39 is 42.7 Å². The Labute approximate surface area is 290 Å². The van der Waals surface area contributed by atoms with Gasteiger partial charge >= 0.3 is 19.4 Å². The number of rotatable bonds is 11. The lowest BCUT2D eigenvalue weighted by atomic mass is 9.77. The van der Waals surface area contributed by atoms with Crippen molar-refractivity contribution in [2.24, 2.45) is 0 Å². The SMILES string of the molecule is O=P(O)(O)C(F)(F)c1sc2c(OCCCC(F)(F)F)cc(-c3cn(C(c4ccccc4)(c4ccccc4)c4ccccc4)cn3)cc2c1Br. The molecule has 4 aromatic carbocycles. The third-order valence-electron chi connectivity index (χ3n) is 8.04. The molecule has 0 aliphatic heterocycles. The molecule has 2 heterocycles. The zero-order valence-corrected chi connectivity index (χ0v) is 28.6. The van der Waals surface area contributed by atoms with Crippen molar-refractivity contribution in [2.75, 3.05) is 6.61 Å². The molecule has 0 amide bonds. The number of alkyl halides is 5. The van der Waals surface area contributed by atoms with E-state index >= 15 is 8.78 Å². The second kappa shape index (κ2) is 13.4. The summed E-state index contributed by atoms with van der Waals surface area (Å²) in [6, 6.07) is 32.4. The van der Waals surface area contributed by atoms with Gasteiger partial charge in [0.2, 0.25) is 0 Å². The number of aromatic nitrogens is 2. The number of nitrogens with zero attached hydrogens (tertiary/aromatic N) is 2. The zero-order chi connectivity index (χ0) is 35.0. The summed E-state index contributed by atoms with van der Waals surface area (Å²) in [5, 5.41) is 0.131. The molecule has 0 spiro atoms. The van der Waals surface area contributed by atoms with Gasteiger partial charge in [-0.15, -0.1) is 11.3 Å². The molecule has 6 rings (SSSR count). The van der Waals surface area contributed by atoms with Gasteiger partial charge in [-0.1, -0.05) is 91.0 Å². The molecule has 2 N–H and O–H groups in total. The first-order valence-corrected chi connectivity index (χ1v) is 18.1. The quantitative estimate of drug-likeness (QED) is 0.0592. The van der Waals surface area contributed by atoms with Crippen molar-refractivity contribution in [1.82, 2.24) is 9.55 Å². The maximum Gasteiger partial charge on any atom is 0.400 e. The first-order valence-electron chi connectivity index (χ1n) is 14.8. The summed E-state index contributed by atoms with van der Waals surface area (Å²) in [5.41, 5.74) is -1.93. The summed E-state index contributed by atoms with van der Waals surface area (Å²) in [5.74, 6) is -0.0249. The van der Waals surface area contributed by atoms with Crippen LogP contribution in [-0.2, 0) is 15.8 Å². The van der Waals surface area contributed by atoms with E-state index in [9.17, 15) is 27.5 Å². The minimum Gasteiger partial charge on any atom is -0.492 e. The Balaban J connectivity index is 1.54. The van der Waals surface area contributed by atoms with E-state index in [2.05, 4.69) is 15.9 Å². The molecule has 6 nitrogen and oxygen atoms in total. The number of imidazole rings is 1. The van der Waals surface area contributed by atoms with Crippen molar-refractivity contribution in [1.29, 1.82) is 0 Å². The fourth-order valence-corrected chi connectivity index (χ4v) is 8.79. The maximum absolute atomic E-state index is 15.0. The van der Waals surface area contributed by atoms with Crippen LogP contribution in [0.4, 0.5) is 22.0 Å². The Bertz CT molecular complexity index is 2020. The van der Waals surface area contributed by atoms with Gasteiger partial charge in [0.15, 0.2) is 0 Å². The van der Waals surface area contributed by atoms with Gasteiger partial charge in [-0.25, -0.2) is 4.98 Å². The molecular weight excluding hydrogens is 750 g/mol. The molecule has 49 heavy (non-hydrogen) atoms. The van der Waals surface area contributed by atoms with Crippen LogP contribution in [0.25, 0.3) is 21.3 Å². The van der Waals surface area contributed by atoms with Gasteiger partial charge in [-0.2, -0.15) is 22.0 Å². The Kier molecular flexibility index (Phi) is 9.60. The van der Waals surface area contributed by atoms with Crippen LogP contribution >= 0.6 is 34.9 Å². The maximum atomic E-state index is 15.0. The second-order valence-electron chi connectivity index (χ2n) is 11.2. The van der Waals surface area contributed by atoms with E-state index in [1.165, 1.54) is 12.1 Å². The molecule has 0 bridgehead atoms. The highest BCUT2D eigenvalue weighted by Crippen LogP contribution is 2.63. The number of ether oxygens (including phenoxy) is 1. The van der Waals surface area contributed by atoms with Gasteiger partial charge in [-0.05, 0) is 51.2 Å². The topological polar surface area (TPSA) is 84.6 Å². The summed E-state index contributed by atoms with van der Waals surface area (Å²) >= 11 is 3.51. The Hall–Kier alpha value is -3.87. The predicted molar refractivity (Wildman–Crippen MR) is 182 cm³/mol. The normalized spacial score (nSPS) is 12.8. The lowest BCUT2D eigenvalue weighted by molar-refractivity contribution is -0.136. The third kappa shape index (κ3) is 6.70. The zero-order valence-electron chi connectivity index (χ0n) is 25.3. The summed E-state index contributed by atoms with van der Waals surface area (Å²) in [4.78, 5) is 22.7. The van der Waals surface area contributed by atoms with Crippen molar-refractivity contribution in [3.8, 4) is 17.0 Å². The molecule has 0 fully saturated rings. The fourth-order valence-electron chi connectivity index (χ4n) is 5.82. The van der Waals surface area contributed by atoms with Gasteiger partial charge in [0.1, 0.15) is 16.2 Å².